The molecule has 0 aliphatic carbocycles. The number of halogens is 1. The fourth-order valence-electron chi connectivity index (χ4n) is 3.70. The molecule has 0 spiro atoms. The zero-order valence-corrected chi connectivity index (χ0v) is 17.1. The minimum absolute atomic E-state index is 0.213. The molecule has 2 aromatic rings. The summed E-state index contributed by atoms with van der Waals surface area (Å²) >= 11 is 0. The standard InChI is InChI=1S/C21H23FN4O6/c22-17-9-14(26-11-15(32-21(26)30)10-23-19-5-8-31-24-19)1-2-16(17)13-3-6-25(7-4-13)20(29)18(28)12-27/h1-3,5,8-9,15,18,27-28H,4,6-7,10-12H2,(H,23,24)/t15-,18?/m0/s1. The molecule has 0 bridgehead atoms. The van der Waals surface area contributed by atoms with E-state index in [-0.39, 0.29) is 13.1 Å². The summed E-state index contributed by atoms with van der Waals surface area (Å²) in [6, 6.07) is 6.19. The highest BCUT2D eigenvalue weighted by Crippen LogP contribution is 2.30. The van der Waals surface area contributed by atoms with E-state index in [9.17, 15) is 19.1 Å². The number of cyclic esters (lactones) is 1. The third kappa shape index (κ3) is 4.58. The molecule has 4 rings (SSSR count). The molecular formula is C21H23FN4O6. The van der Waals surface area contributed by atoms with Gasteiger partial charge in [0.15, 0.2) is 11.9 Å². The molecule has 170 valence electrons. The Hall–Kier alpha value is -3.44. The second kappa shape index (κ2) is 9.37. The van der Waals surface area contributed by atoms with Crippen molar-refractivity contribution in [2.75, 3.05) is 43.0 Å². The average molecular weight is 446 g/mol. The van der Waals surface area contributed by atoms with E-state index in [0.717, 1.165) is 5.57 Å². The lowest BCUT2D eigenvalue weighted by atomic mass is 9.98. The first kappa shape index (κ1) is 21.8. The molecule has 2 aliphatic heterocycles. The molecule has 2 atom stereocenters. The molecule has 1 aromatic carbocycles. The predicted octanol–water partition coefficient (Wildman–Crippen LogP) is 1.22. The van der Waals surface area contributed by atoms with Crippen LogP contribution in [0.25, 0.3) is 5.57 Å². The third-order valence-electron chi connectivity index (χ3n) is 5.41. The molecular weight excluding hydrogens is 423 g/mol. The molecule has 32 heavy (non-hydrogen) atoms. The number of aliphatic hydroxyl groups excluding tert-OH is 2. The van der Waals surface area contributed by atoms with E-state index in [1.165, 1.54) is 22.1 Å². The number of hydrogen-bond donors (Lipinski definition) is 3. The fourth-order valence-corrected chi connectivity index (χ4v) is 3.70. The molecule has 1 saturated heterocycles. The number of benzene rings is 1. The van der Waals surface area contributed by atoms with Crippen LogP contribution in [0.3, 0.4) is 0 Å². The Morgan fingerprint density at radius 1 is 1.38 bits per heavy atom. The van der Waals surface area contributed by atoms with Gasteiger partial charge in [0, 0.05) is 24.7 Å². The molecule has 1 unspecified atom stereocenters. The average Bonchev–Trinajstić information content (AvgIpc) is 3.46. The number of carbonyl (C=O) groups is 2. The maximum atomic E-state index is 14.9. The smallest absolute Gasteiger partial charge is 0.414 e. The van der Waals surface area contributed by atoms with E-state index in [1.807, 2.05) is 0 Å². The van der Waals surface area contributed by atoms with E-state index in [0.29, 0.717) is 36.6 Å². The summed E-state index contributed by atoms with van der Waals surface area (Å²) in [5.74, 6) is -0.513. The highest BCUT2D eigenvalue weighted by atomic mass is 19.1. The number of nitrogens with zero attached hydrogens (tertiary/aromatic N) is 3. The molecule has 2 amide bonds. The largest absolute Gasteiger partial charge is 0.442 e. The van der Waals surface area contributed by atoms with Crippen molar-refractivity contribution in [1.29, 1.82) is 0 Å². The van der Waals surface area contributed by atoms with Gasteiger partial charge in [-0.2, -0.15) is 0 Å². The lowest BCUT2D eigenvalue weighted by molar-refractivity contribution is -0.141. The van der Waals surface area contributed by atoms with Crippen LogP contribution in [0.15, 0.2) is 41.1 Å². The van der Waals surface area contributed by atoms with Gasteiger partial charge in [-0.25, -0.2) is 9.18 Å². The monoisotopic (exact) mass is 446 g/mol. The van der Waals surface area contributed by atoms with Gasteiger partial charge in [0.2, 0.25) is 0 Å². The lowest BCUT2D eigenvalue weighted by Gasteiger charge is -2.28. The van der Waals surface area contributed by atoms with E-state index in [4.69, 9.17) is 14.4 Å². The van der Waals surface area contributed by atoms with Gasteiger partial charge in [0.1, 0.15) is 18.2 Å². The molecule has 11 heteroatoms. The number of nitrogens with one attached hydrogen (secondary N) is 1. The van der Waals surface area contributed by atoms with Crippen LogP contribution in [0.2, 0.25) is 0 Å². The van der Waals surface area contributed by atoms with Gasteiger partial charge in [-0.05, 0) is 30.2 Å². The Kier molecular flexibility index (Phi) is 6.37. The maximum Gasteiger partial charge on any atom is 0.414 e. The SMILES string of the molecule is O=C(C(O)CO)N1CC=C(c2ccc(N3C[C@H](CNc4ccon4)OC3=O)cc2F)CC1. The minimum Gasteiger partial charge on any atom is -0.442 e. The van der Waals surface area contributed by atoms with Crippen LogP contribution in [0.1, 0.15) is 12.0 Å². The number of aliphatic hydroxyl groups is 2. The van der Waals surface area contributed by atoms with Crippen molar-refractivity contribution >= 4 is 29.1 Å². The molecule has 0 radical (unpaired) electrons. The topological polar surface area (TPSA) is 128 Å². The number of aromatic nitrogens is 1. The Morgan fingerprint density at radius 3 is 2.88 bits per heavy atom. The van der Waals surface area contributed by atoms with Gasteiger partial charge in [0.25, 0.3) is 5.91 Å². The summed E-state index contributed by atoms with van der Waals surface area (Å²) < 4.78 is 24.9. The number of anilines is 2. The van der Waals surface area contributed by atoms with Gasteiger partial charge in [-0.1, -0.05) is 11.2 Å². The molecule has 0 saturated carbocycles. The predicted molar refractivity (Wildman–Crippen MR) is 111 cm³/mol. The Labute approximate surface area is 182 Å². The van der Waals surface area contributed by atoms with Crippen molar-refractivity contribution in [1.82, 2.24) is 10.1 Å². The van der Waals surface area contributed by atoms with E-state index < -0.39 is 36.6 Å². The van der Waals surface area contributed by atoms with Crippen molar-refractivity contribution in [3.05, 3.63) is 48.0 Å². The number of ether oxygens (including phenoxy) is 1. The third-order valence-corrected chi connectivity index (χ3v) is 5.41. The van der Waals surface area contributed by atoms with Crippen molar-refractivity contribution in [2.45, 2.75) is 18.6 Å². The zero-order valence-electron chi connectivity index (χ0n) is 17.1. The van der Waals surface area contributed by atoms with E-state index in [2.05, 4.69) is 10.5 Å². The molecule has 10 nitrogen and oxygen atoms in total. The quantitative estimate of drug-likeness (QED) is 0.579. The Balaban J connectivity index is 1.39. The normalized spacial score (nSPS) is 19.5. The van der Waals surface area contributed by atoms with Crippen LogP contribution in [-0.4, -0.2) is 77.3 Å². The van der Waals surface area contributed by atoms with Crippen LogP contribution >= 0.6 is 0 Å². The van der Waals surface area contributed by atoms with Crippen molar-refractivity contribution < 1.29 is 33.5 Å². The van der Waals surface area contributed by atoms with Crippen LogP contribution in [0.5, 0.6) is 0 Å². The highest BCUT2D eigenvalue weighted by Gasteiger charge is 2.33. The summed E-state index contributed by atoms with van der Waals surface area (Å²) in [5, 5.41) is 25.1. The van der Waals surface area contributed by atoms with Crippen LogP contribution in [0.4, 0.5) is 20.7 Å². The zero-order chi connectivity index (χ0) is 22.7. The van der Waals surface area contributed by atoms with E-state index >= 15 is 0 Å². The van der Waals surface area contributed by atoms with Crippen molar-refractivity contribution in [3.63, 3.8) is 0 Å². The van der Waals surface area contributed by atoms with Crippen molar-refractivity contribution in [3.8, 4) is 0 Å². The summed E-state index contributed by atoms with van der Waals surface area (Å²) in [6.07, 6.45) is 1.12. The lowest BCUT2D eigenvalue weighted by Crippen LogP contribution is -2.42. The van der Waals surface area contributed by atoms with Gasteiger partial charge >= 0.3 is 6.09 Å². The second-order valence-electron chi connectivity index (χ2n) is 7.51. The number of carbonyl (C=O) groups excluding carboxylic acids is 2. The number of hydrogen-bond acceptors (Lipinski definition) is 8. The molecule has 2 aliphatic rings. The first-order valence-electron chi connectivity index (χ1n) is 10.2. The number of rotatable bonds is 7. The molecule has 1 aromatic heterocycles. The van der Waals surface area contributed by atoms with Gasteiger partial charge in [-0.3, -0.25) is 9.69 Å². The van der Waals surface area contributed by atoms with Gasteiger partial charge < -0.3 is 29.7 Å². The van der Waals surface area contributed by atoms with E-state index in [1.54, 1.807) is 24.3 Å². The van der Waals surface area contributed by atoms with Gasteiger partial charge in [-0.15, -0.1) is 0 Å². The van der Waals surface area contributed by atoms with Crippen molar-refractivity contribution in [2.24, 2.45) is 0 Å². The van der Waals surface area contributed by atoms with Crippen LogP contribution in [-0.2, 0) is 9.53 Å². The Bertz CT molecular complexity index is 1010. The first-order valence-corrected chi connectivity index (χ1v) is 10.2. The molecule has 1 fully saturated rings. The Morgan fingerprint density at radius 2 is 2.22 bits per heavy atom. The molecule has 3 N–H and O–H groups in total. The summed E-state index contributed by atoms with van der Waals surface area (Å²) in [4.78, 5) is 27.0. The highest BCUT2D eigenvalue weighted by molar-refractivity contribution is 5.90. The fraction of sp³-hybridized carbons (Fsp3) is 0.381. The summed E-state index contributed by atoms with van der Waals surface area (Å²) in [6.45, 7) is 0.475. The second-order valence-corrected chi connectivity index (χ2v) is 7.51. The summed E-state index contributed by atoms with van der Waals surface area (Å²) in [5.41, 5.74) is 1.51. The first-order chi connectivity index (χ1) is 15.5. The van der Waals surface area contributed by atoms with Crippen LogP contribution in [0, 0.1) is 5.82 Å². The van der Waals surface area contributed by atoms with Crippen LogP contribution < -0.4 is 10.2 Å². The van der Waals surface area contributed by atoms with Gasteiger partial charge in [0.05, 0.1) is 25.4 Å². The number of amides is 2. The molecule has 3 heterocycles. The minimum atomic E-state index is -1.45. The summed E-state index contributed by atoms with van der Waals surface area (Å²) in [7, 11) is 0. The maximum absolute atomic E-state index is 14.9.